The maximum atomic E-state index is 11.4. The molecule has 0 spiro atoms. The highest BCUT2D eigenvalue weighted by Gasteiger charge is 2.27. The summed E-state index contributed by atoms with van der Waals surface area (Å²) in [7, 11) is 0. The molecule has 0 unspecified atom stereocenters. The number of aromatic nitrogens is 1. The van der Waals surface area contributed by atoms with E-state index in [0.29, 0.717) is 12.0 Å². The molecule has 2 saturated carbocycles. The van der Waals surface area contributed by atoms with Gasteiger partial charge in [-0.3, -0.25) is 5.32 Å². The molecular formula is C10H13N3OS. The summed E-state index contributed by atoms with van der Waals surface area (Å²) >= 11 is 1.51. The Balaban J connectivity index is 1.57. The van der Waals surface area contributed by atoms with Crippen LogP contribution < -0.4 is 10.6 Å². The summed E-state index contributed by atoms with van der Waals surface area (Å²) < 4.78 is 0. The van der Waals surface area contributed by atoms with Crippen LogP contribution in [0.5, 0.6) is 0 Å². The number of nitrogens with zero attached hydrogens (tertiary/aromatic N) is 1. The van der Waals surface area contributed by atoms with Crippen LogP contribution in [0.2, 0.25) is 0 Å². The monoisotopic (exact) mass is 223 g/mol. The van der Waals surface area contributed by atoms with Crippen molar-refractivity contribution >= 4 is 22.5 Å². The lowest BCUT2D eigenvalue weighted by Crippen LogP contribution is -2.30. The molecule has 4 nitrogen and oxygen atoms in total. The third-order valence-electron chi connectivity index (χ3n) is 2.65. The summed E-state index contributed by atoms with van der Waals surface area (Å²) in [5.41, 5.74) is 1.14. The van der Waals surface area contributed by atoms with Crippen molar-refractivity contribution in [1.82, 2.24) is 10.3 Å². The van der Waals surface area contributed by atoms with Gasteiger partial charge >= 0.3 is 6.03 Å². The van der Waals surface area contributed by atoms with Gasteiger partial charge in [0.25, 0.3) is 0 Å². The van der Waals surface area contributed by atoms with Crippen molar-refractivity contribution in [2.24, 2.45) is 0 Å². The second-order valence-electron chi connectivity index (χ2n) is 4.22. The average Bonchev–Trinajstić information content (AvgIpc) is 3.09. The molecule has 0 aliphatic heterocycles. The van der Waals surface area contributed by atoms with E-state index >= 15 is 0 Å². The Bertz CT molecular complexity index is 382. The smallest absolute Gasteiger partial charge is 0.321 e. The predicted molar refractivity (Wildman–Crippen MR) is 59.3 cm³/mol. The van der Waals surface area contributed by atoms with E-state index in [0.717, 1.165) is 23.7 Å². The highest BCUT2D eigenvalue weighted by atomic mass is 32.1. The van der Waals surface area contributed by atoms with Gasteiger partial charge in [0.15, 0.2) is 5.13 Å². The van der Waals surface area contributed by atoms with E-state index in [2.05, 4.69) is 15.6 Å². The van der Waals surface area contributed by atoms with Gasteiger partial charge in [0.05, 0.1) is 5.69 Å². The Morgan fingerprint density at radius 2 is 2.20 bits per heavy atom. The molecule has 2 N–H and O–H groups in total. The highest BCUT2D eigenvalue weighted by molar-refractivity contribution is 7.13. The lowest BCUT2D eigenvalue weighted by atomic mass is 10.3. The average molecular weight is 223 g/mol. The molecule has 0 aromatic carbocycles. The van der Waals surface area contributed by atoms with Crippen molar-refractivity contribution in [3.8, 4) is 0 Å². The fourth-order valence-electron chi connectivity index (χ4n) is 1.46. The van der Waals surface area contributed by atoms with Crippen LogP contribution in [0.1, 0.15) is 37.3 Å². The summed E-state index contributed by atoms with van der Waals surface area (Å²) in [4.78, 5) is 15.8. The Kier molecular flexibility index (Phi) is 2.12. The molecule has 0 radical (unpaired) electrons. The predicted octanol–water partition coefficient (Wildman–Crippen LogP) is 2.30. The molecule has 2 fully saturated rings. The molecule has 3 rings (SSSR count). The maximum absolute atomic E-state index is 11.4. The van der Waals surface area contributed by atoms with Gasteiger partial charge in [0.1, 0.15) is 0 Å². The van der Waals surface area contributed by atoms with Crippen molar-refractivity contribution < 1.29 is 4.79 Å². The lowest BCUT2D eigenvalue weighted by molar-refractivity contribution is 0.251. The quantitative estimate of drug-likeness (QED) is 0.826. The minimum absolute atomic E-state index is 0.116. The number of carbonyl (C=O) groups is 1. The molecule has 80 valence electrons. The summed E-state index contributed by atoms with van der Waals surface area (Å²) in [6, 6.07) is 0.280. The standard InChI is InChI=1S/C10H13N3OS/c14-9(11-7-3-4-7)13-10-12-8(5-15-10)6-1-2-6/h5-7H,1-4H2,(H2,11,12,13,14). The summed E-state index contributed by atoms with van der Waals surface area (Å²) in [5.74, 6) is 0.656. The van der Waals surface area contributed by atoms with E-state index in [1.54, 1.807) is 0 Å². The Morgan fingerprint density at radius 1 is 1.40 bits per heavy atom. The van der Waals surface area contributed by atoms with Crippen LogP contribution in [0, 0.1) is 0 Å². The van der Waals surface area contributed by atoms with Gasteiger partial charge in [-0.1, -0.05) is 0 Å². The van der Waals surface area contributed by atoms with Gasteiger partial charge < -0.3 is 5.32 Å². The van der Waals surface area contributed by atoms with Crippen LogP contribution in [-0.4, -0.2) is 17.1 Å². The first-order chi connectivity index (χ1) is 7.31. The number of hydrogen-bond acceptors (Lipinski definition) is 3. The first kappa shape index (κ1) is 9.15. The van der Waals surface area contributed by atoms with Crippen molar-refractivity contribution in [2.45, 2.75) is 37.6 Å². The molecule has 0 bridgehead atoms. The topological polar surface area (TPSA) is 54.0 Å². The summed E-state index contributed by atoms with van der Waals surface area (Å²) in [6.45, 7) is 0. The van der Waals surface area contributed by atoms with Crippen LogP contribution in [0.15, 0.2) is 5.38 Å². The Labute approximate surface area is 92.1 Å². The zero-order chi connectivity index (χ0) is 10.3. The minimum Gasteiger partial charge on any atom is -0.335 e. The van der Waals surface area contributed by atoms with Crippen LogP contribution in [0.4, 0.5) is 9.93 Å². The molecule has 1 heterocycles. The second-order valence-corrected chi connectivity index (χ2v) is 5.08. The van der Waals surface area contributed by atoms with Crippen LogP contribution >= 0.6 is 11.3 Å². The fraction of sp³-hybridized carbons (Fsp3) is 0.600. The van der Waals surface area contributed by atoms with E-state index in [-0.39, 0.29) is 6.03 Å². The minimum atomic E-state index is -0.116. The third kappa shape index (κ3) is 2.28. The van der Waals surface area contributed by atoms with Gasteiger partial charge in [0, 0.05) is 17.3 Å². The number of urea groups is 1. The van der Waals surface area contributed by atoms with Gasteiger partial charge in [-0.15, -0.1) is 11.3 Å². The van der Waals surface area contributed by atoms with E-state index in [1.165, 1.54) is 24.2 Å². The Hall–Kier alpha value is -1.10. The second kappa shape index (κ2) is 3.48. The molecule has 2 aliphatic carbocycles. The first-order valence-corrected chi connectivity index (χ1v) is 6.22. The van der Waals surface area contributed by atoms with Crippen molar-refractivity contribution in [3.63, 3.8) is 0 Å². The van der Waals surface area contributed by atoms with Crippen molar-refractivity contribution in [2.75, 3.05) is 5.32 Å². The number of hydrogen-bond donors (Lipinski definition) is 2. The fourth-order valence-corrected chi connectivity index (χ4v) is 2.24. The third-order valence-corrected chi connectivity index (χ3v) is 3.43. The highest BCUT2D eigenvalue weighted by Crippen LogP contribution is 2.40. The molecule has 2 aliphatic rings. The SMILES string of the molecule is O=C(Nc1nc(C2CC2)cs1)NC1CC1. The summed E-state index contributed by atoms with van der Waals surface area (Å²) in [6.07, 6.45) is 4.71. The first-order valence-electron chi connectivity index (χ1n) is 5.34. The molecule has 0 saturated heterocycles. The zero-order valence-electron chi connectivity index (χ0n) is 8.32. The van der Waals surface area contributed by atoms with Gasteiger partial charge in [-0.2, -0.15) is 0 Å². The van der Waals surface area contributed by atoms with Crippen molar-refractivity contribution in [1.29, 1.82) is 0 Å². The van der Waals surface area contributed by atoms with Crippen molar-refractivity contribution in [3.05, 3.63) is 11.1 Å². The van der Waals surface area contributed by atoms with Gasteiger partial charge in [-0.25, -0.2) is 9.78 Å². The number of amides is 2. The van der Waals surface area contributed by atoms with E-state index in [4.69, 9.17) is 0 Å². The largest absolute Gasteiger partial charge is 0.335 e. The van der Waals surface area contributed by atoms with Gasteiger partial charge in [-0.05, 0) is 25.7 Å². The number of nitrogens with one attached hydrogen (secondary N) is 2. The maximum Gasteiger partial charge on any atom is 0.321 e. The molecule has 15 heavy (non-hydrogen) atoms. The molecular weight excluding hydrogens is 210 g/mol. The number of rotatable bonds is 3. The van der Waals surface area contributed by atoms with Crippen LogP contribution in [0.25, 0.3) is 0 Å². The number of anilines is 1. The molecule has 5 heteroatoms. The van der Waals surface area contributed by atoms with E-state index in [9.17, 15) is 4.79 Å². The summed E-state index contributed by atoms with van der Waals surface area (Å²) in [5, 5.41) is 8.41. The number of carbonyl (C=O) groups excluding carboxylic acids is 1. The Morgan fingerprint density at radius 3 is 2.87 bits per heavy atom. The molecule has 1 aromatic rings. The molecule has 0 atom stereocenters. The molecule has 1 aromatic heterocycles. The lowest BCUT2D eigenvalue weighted by Gasteiger charge is -2.02. The van der Waals surface area contributed by atoms with Crippen LogP contribution in [-0.2, 0) is 0 Å². The van der Waals surface area contributed by atoms with Gasteiger partial charge in [0.2, 0.25) is 0 Å². The normalized spacial score (nSPS) is 20.0. The number of thiazole rings is 1. The molecule has 2 amide bonds. The van der Waals surface area contributed by atoms with E-state index in [1.807, 2.05) is 5.38 Å². The van der Waals surface area contributed by atoms with E-state index < -0.39 is 0 Å². The van der Waals surface area contributed by atoms with Crippen LogP contribution in [0.3, 0.4) is 0 Å². The zero-order valence-corrected chi connectivity index (χ0v) is 9.14.